The monoisotopic (exact) mass is 979 g/mol. The van der Waals surface area contributed by atoms with Crippen LogP contribution in [-0.2, 0) is 38.6 Å². The van der Waals surface area contributed by atoms with Crippen LogP contribution in [0.5, 0.6) is 0 Å². The molecule has 3 aliphatic heterocycles. The van der Waals surface area contributed by atoms with E-state index in [1.54, 1.807) is 27.6 Å². The van der Waals surface area contributed by atoms with E-state index < -0.39 is 41.6 Å². The molecule has 3 saturated heterocycles. The number of carbonyl (C=O) groups excluding carboxylic acids is 4. The molecule has 4 amide bonds. The average Bonchev–Trinajstić information content (AvgIpc) is 3.29. The summed E-state index contributed by atoms with van der Waals surface area (Å²) in [5.74, 6) is 0.406. The molecular weight excluding hydrogens is 909 g/mol. The standard InChI is InChI=1S/C51H71ClFN7O7S/c1-8-68-44-31-41(53)16-14-39(44)33-57-24-26-58(27-25-57)46(61)45(55-47(62)65-35-36-12-10-9-11-13-36)37-18-21-56(22-19-37)23-20-38-30-40(52)15-17-43(38)54-32-42-34-59(48(63)66-50(2,3)4)28-29-60(42)49(64)67-51(5,6)7/h9-17,30-31,37,42,45,54H,8,18-29,32-35H2,1-7H3,(H,55,62)/t42-,45+/m0/s1. The van der Waals surface area contributed by atoms with Crippen LogP contribution in [-0.4, -0.2) is 150 Å². The Bertz CT molecular complexity index is 2160. The summed E-state index contributed by atoms with van der Waals surface area (Å²) in [5.41, 5.74) is 2.49. The summed E-state index contributed by atoms with van der Waals surface area (Å²) >= 11 is 8.20. The van der Waals surface area contributed by atoms with Crippen LogP contribution in [0.15, 0.2) is 71.6 Å². The van der Waals surface area contributed by atoms with Crippen molar-refractivity contribution in [3.05, 3.63) is 94.3 Å². The Morgan fingerprint density at radius 1 is 0.794 bits per heavy atom. The van der Waals surface area contributed by atoms with E-state index in [1.165, 1.54) is 6.07 Å². The van der Waals surface area contributed by atoms with Gasteiger partial charge in [0.05, 0.1) is 6.04 Å². The smallest absolute Gasteiger partial charge is 0.410 e. The zero-order valence-electron chi connectivity index (χ0n) is 40.9. The number of ether oxygens (including phenoxy) is 3. The van der Waals surface area contributed by atoms with Gasteiger partial charge in [-0.05, 0) is 133 Å². The zero-order valence-corrected chi connectivity index (χ0v) is 42.4. The number of piperidine rings is 1. The lowest BCUT2D eigenvalue weighted by molar-refractivity contribution is -0.137. The molecule has 3 heterocycles. The Labute approximate surface area is 411 Å². The molecule has 0 unspecified atom stereocenters. The number of halogens is 2. The molecule has 372 valence electrons. The van der Waals surface area contributed by atoms with E-state index in [1.807, 2.05) is 101 Å². The maximum Gasteiger partial charge on any atom is 0.410 e. The highest BCUT2D eigenvalue weighted by molar-refractivity contribution is 7.99. The number of hydrogen-bond acceptors (Lipinski definition) is 11. The Balaban J connectivity index is 1.07. The number of alkyl carbamates (subject to hydrolysis) is 1. The quantitative estimate of drug-likeness (QED) is 0.112. The van der Waals surface area contributed by atoms with Gasteiger partial charge in [-0.3, -0.25) is 14.6 Å². The molecular formula is C51H71ClFN7O7S. The van der Waals surface area contributed by atoms with Gasteiger partial charge in [0.2, 0.25) is 5.91 Å². The Morgan fingerprint density at radius 2 is 1.47 bits per heavy atom. The summed E-state index contributed by atoms with van der Waals surface area (Å²) in [6, 6.07) is 19.0. The SMILES string of the molecule is CCSc1cc(F)ccc1CN1CCN(C(=O)[C@H](NC(=O)OCc2ccccc2)C2CCN(CCc3cc(Cl)ccc3NC[C@H]3CN(C(=O)OC(C)(C)C)CCN3C(=O)OC(C)(C)C)CC2)CC1. The van der Waals surface area contributed by atoms with Gasteiger partial charge in [0.1, 0.15) is 29.7 Å². The first-order valence-corrected chi connectivity index (χ1v) is 25.3. The number of thioether (sulfide) groups is 1. The zero-order chi connectivity index (χ0) is 49.0. The topological polar surface area (TPSA) is 136 Å². The molecule has 3 aliphatic rings. The number of hydrogen-bond donors (Lipinski definition) is 2. The van der Waals surface area contributed by atoms with Crippen molar-refractivity contribution in [2.75, 3.05) is 83.1 Å². The van der Waals surface area contributed by atoms with Crippen molar-refractivity contribution in [3.8, 4) is 0 Å². The number of anilines is 1. The van der Waals surface area contributed by atoms with Crippen molar-refractivity contribution >= 4 is 53.2 Å². The minimum Gasteiger partial charge on any atom is -0.445 e. The predicted molar refractivity (Wildman–Crippen MR) is 266 cm³/mol. The Kier molecular flexibility index (Phi) is 18.7. The van der Waals surface area contributed by atoms with Crippen LogP contribution in [0.2, 0.25) is 5.02 Å². The molecule has 14 nitrogen and oxygen atoms in total. The molecule has 0 radical (unpaired) electrons. The Hall–Kier alpha value is -4.77. The highest BCUT2D eigenvalue weighted by atomic mass is 35.5. The van der Waals surface area contributed by atoms with Gasteiger partial charge in [0.25, 0.3) is 0 Å². The summed E-state index contributed by atoms with van der Waals surface area (Å²) in [6.07, 6.45) is 0.618. The second-order valence-corrected chi connectivity index (χ2v) is 21.6. The third kappa shape index (κ3) is 15.9. The van der Waals surface area contributed by atoms with Crippen LogP contribution in [0.1, 0.15) is 78.0 Å². The van der Waals surface area contributed by atoms with E-state index >= 15 is 0 Å². The summed E-state index contributed by atoms with van der Waals surface area (Å²) in [6.45, 7) is 19.6. The molecule has 3 fully saturated rings. The van der Waals surface area contributed by atoms with Crippen molar-refractivity contribution < 1.29 is 37.8 Å². The molecule has 0 aliphatic carbocycles. The Morgan fingerprint density at radius 3 is 2.15 bits per heavy atom. The van der Waals surface area contributed by atoms with Crippen LogP contribution < -0.4 is 10.6 Å². The van der Waals surface area contributed by atoms with E-state index in [2.05, 4.69) is 27.4 Å². The van der Waals surface area contributed by atoms with Crippen LogP contribution in [0.25, 0.3) is 0 Å². The number of nitrogens with one attached hydrogen (secondary N) is 2. The molecule has 0 bridgehead atoms. The van der Waals surface area contributed by atoms with Gasteiger partial charge < -0.3 is 39.5 Å². The van der Waals surface area contributed by atoms with Crippen molar-refractivity contribution in [2.45, 2.75) is 109 Å². The lowest BCUT2D eigenvalue weighted by Crippen LogP contribution is -2.59. The first-order chi connectivity index (χ1) is 32.3. The summed E-state index contributed by atoms with van der Waals surface area (Å²) < 4.78 is 31.1. The number of carbonyl (C=O) groups is 4. The predicted octanol–water partition coefficient (Wildman–Crippen LogP) is 8.75. The molecule has 0 spiro atoms. The van der Waals surface area contributed by atoms with Gasteiger partial charge in [0, 0.05) is 81.1 Å². The molecule has 0 saturated carbocycles. The summed E-state index contributed by atoms with van der Waals surface area (Å²) in [4.78, 5) is 65.1. The second-order valence-electron chi connectivity index (χ2n) is 19.8. The number of amides is 4. The first-order valence-electron chi connectivity index (χ1n) is 24.0. The van der Waals surface area contributed by atoms with Gasteiger partial charge >= 0.3 is 18.3 Å². The molecule has 68 heavy (non-hydrogen) atoms. The molecule has 3 aromatic carbocycles. The van der Waals surface area contributed by atoms with E-state index in [9.17, 15) is 23.6 Å². The van der Waals surface area contributed by atoms with Gasteiger partial charge in [-0.1, -0.05) is 54.9 Å². The van der Waals surface area contributed by atoms with E-state index in [0.717, 1.165) is 52.7 Å². The largest absolute Gasteiger partial charge is 0.445 e. The van der Waals surface area contributed by atoms with Crippen LogP contribution >= 0.6 is 23.4 Å². The molecule has 0 aromatic heterocycles. The van der Waals surface area contributed by atoms with Crippen molar-refractivity contribution in [1.29, 1.82) is 0 Å². The number of piperazine rings is 2. The third-order valence-electron chi connectivity index (χ3n) is 12.3. The van der Waals surface area contributed by atoms with Gasteiger partial charge in [-0.25, -0.2) is 18.8 Å². The van der Waals surface area contributed by atoms with Crippen LogP contribution in [0.3, 0.4) is 0 Å². The first kappa shape index (κ1) is 52.6. The molecule has 6 rings (SSSR count). The van der Waals surface area contributed by atoms with Crippen molar-refractivity contribution in [1.82, 2.24) is 29.8 Å². The van der Waals surface area contributed by atoms with Gasteiger partial charge in [0.15, 0.2) is 0 Å². The highest BCUT2D eigenvalue weighted by Crippen LogP contribution is 2.29. The fourth-order valence-electron chi connectivity index (χ4n) is 8.83. The number of rotatable bonds is 15. The summed E-state index contributed by atoms with van der Waals surface area (Å²) in [7, 11) is 0. The maximum absolute atomic E-state index is 14.4. The van der Waals surface area contributed by atoms with Gasteiger partial charge in [-0.2, -0.15) is 0 Å². The number of likely N-dealkylation sites (tertiary alicyclic amines) is 1. The lowest BCUT2D eigenvalue weighted by Gasteiger charge is -2.42. The van der Waals surface area contributed by atoms with E-state index in [4.69, 9.17) is 25.8 Å². The third-order valence-corrected chi connectivity index (χ3v) is 13.5. The molecule has 2 atom stereocenters. The number of nitrogens with zero attached hydrogens (tertiary/aromatic N) is 5. The number of benzene rings is 3. The fourth-order valence-corrected chi connectivity index (χ4v) is 9.85. The molecule has 3 aromatic rings. The van der Waals surface area contributed by atoms with Crippen LogP contribution in [0.4, 0.5) is 24.5 Å². The normalized spacial score (nSPS) is 18.2. The maximum atomic E-state index is 14.4. The van der Waals surface area contributed by atoms with Crippen LogP contribution in [0, 0.1) is 11.7 Å². The second kappa shape index (κ2) is 24.2. The average molecular weight is 981 g/mol. The molecule has 2 N–H and O–H groups in total. The van der Waals surface area contributed by atoms with Crippen molar-refractivity contribution in [3.63, 3.8) is 0 Å². The lowest BCUT2D eigenvalue weighted by atomic mass is 9.88. The van der Waals surface area contributed by atoms with Crippen molar-refractivity contribution in [2.24, 2.45) is 5.92 Å². The minimum atomic E-state index is -0.744. The minimum absolute atomic E-state index is 0.0963. The van der Waals surface area contributed by atoms with E-state index in [0.29, 0.717) is 76.6 Å². The summed E-state index contributed by atoms with van der Waals surface area (Å²) in [5, 5.41) is 7.16. The highest BCUT2D eigenvalue weighted by Gasteiger charge is 2.38. The fraction of sp³-hybridized carbons (Fsp3) is 0.569. The van der Waals surface area contributed by atoms with Gasteiger partial charge in [-0.15, -0.1) is 11.8 Å². The van der Waals surface area contributed by atoms with E-state index in [-0.39, 0.29) is 30.8 Å². The molecule has 17 heteroatoms.